The van der Waals surface area contributed by atoms with Gasteiger partial charge < -0.3 is 10.1 Å². The first kappa shape index (κ1) is 15.5. The van der Waals surface area contributed by atoms with Crippen LogP contribution in [-0.2, 0) is 6.54 Å². The van der Waals surface area contributed by atoms with Crippen LogP contribution in [-0.4, -0.2) is 7.05 Å². The molecule has 0 saturated carbocycles. The van der Waals surface area contributed by atoms with Gasteiger partial charge >= 0.3 is 0 Å². The molecule has 2 aromatic carbocycles. The molecule has 2 aromatic rings. The molecule has 0 heterocycles. The van der Waals surface area contributed by atoms with Crippen LogP contribution in [0.5, 0.6) is 11.5 Å². The number of hydrogen-bond acceptors (Lipinski definition) is 2. The molecule has 0 aliphatic carbocycles. The molecule has 0 bridgehead atoms. The highest BCUT2D eigenvalue weighted by atomic mass is 19.1. The van der Waals surface area contributed by atoms with Gasteiger partial charge in [-0.25, -0.2) is 4.39 Å². The first-order chi connectivity index (χ1) is 10.0. The van der Waals surface area contributed by atoms with Crippen LogP contribution in [0.15, 0.2) is 36.4 Å². The molecule has 0 aromatic heterocycles. The van der Waals surface area contributed by atoms with Crippen molar-refractivity contribution in [2.24, 2.45) is 0 Å². The second-order valence-corrected chi connectivity index (χ2v) is 5.58. The Balaban J connectivity index is 2.40. The summed E-state index contributed by atoms with van der Waals surface area (Å²) in [6.07, 6.45) is 0. The predicted molar refractivity (Wildman–Crippen MR) is 84.5 cm³/mol. The van der Waals surface area contributed by atoms with Crippen molar-refractivity contribution in [3.05, 3.63) is 58.9 Å². The van der Waals surface area contributed by atoms with Gasteiger partial charge in [-0.3, -0.25) is 0 Å². The van der Waals surface area contributed by atoms with Crippen molar-refractivity contribution in [2.75, 3.05) is 7.05 Å². The van der Waals surface area contributed by atoms with E-state index in [1.165, 1.54) is 12.1 Å². The number of halogens is 1. The second kappa shape index (κ2) is 6.72. The van der Waals surface area contributed by atoms with Crippen molar-refractivity contribution >= 4 is 0 Å². The topological polar surface area (TPSA) is 21.3 Å². The predicted octanol–water partition coefficient (Wildman–Crippen LogP) is 4.77. The van der Waals surface area contributed by atoms with E-state index in [4.69, 9.17) is 4.74 Å². The lowest BCUT2D eigenvalue weighted by molar-refractivity contribution is 0.462. The summed E-state index contributed by atoms with van der Waals surface area (Å²) in [5.74, 6) is 1.65. The normalized spacial score (nSPS) is 11.0. The Kier molecular flexibility index (Phi) is 4.97. The van der Waals surface area contributed by atoms with Crippen molar-refractivity contribution in [1.29, 1.82) is 0 Å². The molecule has 0 unspecified atom stereocenters. The Hall–Kier alpha value is -1.87. The van der Waals surface area contributed by atoms with Gasteiger partial charge in [-0.05, 0) is 55.3 Å². The van der Waals surface area contributed by atoms with E-state index in [0.717, 1.165) is 22.4 Å². The molecule has 112 valence electrons. The van der Waals surface area contributed by atoms with Crippen LogP contribution >= 0.6 is 0 Å². The van der Waals surface area contributed by atoms with E-state index < -0.39 is 0 Å². The molecule has 1 N–H and O–H groups in total. The van der Waals surface area contributed by atoms with E-state index in [9.17, 15) is 4.39 Å². The lowest BCUT2D eigenvalue weighted by atomic mass is 10.0. The van der Waals surface area contributed by atoms with E-state index in [0.29, 0.717) is 18.2 Å². The molecule has 0 radical (unpaired) electrons. The summed E-state index contributed by atoms with van der Waals surface area (Å²) in [5.41, 5.74) is 3.11. The van der Waals surface area contributed by atoms with E-state index in [1.807, 2.05) is 20.0 Å². The van der Waals surface area contributed by atoms with Crippen LogP contribution in [0.1, 0.15) is 36.5 Å². The van der Waals surface area contributed by atoms with Gasteiger partial charge in [0.1, 0.15) is 17.3 Å². The zero-order valence-corrected chi connectivity index (χ0v) is 13.0. The molecule has 0 amide bonds. The third-order valence-electron chi connectivity index (χ3n) is 3.40. The third kappa shape index (κ3) is 3.82. The number of aryl methyl sites for hydroxylation is 1. The Labute approximate surface area is 126 Å². The fraction of sp³-hybridized carbons (Fsp3) is 0.333. The average molecular weight is 287 g/mol. The summed E-state index contributed by atoms with van der Waals surface area (Å²) in [7, 11) is 1.83. The Morgan fingerprint density at radius 1 is 1.10 bits per heavy atom. The molecule has 2 rings (SSSR count). The van der Waals surface area contributed by atoms with Crippen LogP contribution in [0.25, 0.3) is 0 Å². The second-order valence-electron chi connectivity index (χ2n) is 5.58. The molecular formula is C18H22FNO. The highest BCUT2D eigenvalue weighted by molar-refractivity contribution is 5.44. The zero-order valence-electron chi connectivity index (χ0n) is 13.0. The molecule has 0 spiro atoms. The zero-order chi connectivity index (χ0) is 15.4. The molecule has 3 heteroatoms. The lowest BCUT2D eigenvalue weighted by Crippen LogP contribution is -2.07. The van der Waals surface area contributed by atoms with Crippen LogP contribution in [0.2, 0.25) is 0 Å². The standard InChI is InChI=1S/C18H22FNO/c1-12(2)16-7-5-13(3)9-18(16)21-17-8-6-15(19)10-14(17)11-20-4/h5-10,12,20H,11H2,1-4H3. The largest absolute Gasteiger partial charge is 0.457 e. The van der Waals surface area contributed by atoms with Gasteiger partial charge in [0.05, 0.1) is 0 Å². The maximum Gasteiger partial charge on any atom is 0.132 e. The van der Waals surface area contributed by atoms with Crippen molar-refractivity contribution in [3.8, 4) is 11.5 Å². The van der Waals surface area contributed by atoms with Gasteiger partial charge in [0.25, 0.3) is 0 Å². The van der Waals surface area contributed by atoms with Crippen molar-refractivity contribution in [1.82, 2.24) is 5.32 Å². The number of ether oxygens (including phenoxy) is 1. The van der Waals surface area contributed by atoms with E-state index in [2.05, 4.69) is 31.3 Å². The highest BCUT2D eigenvalue weighted by Crippen LogP contribution is 2.33. The minimum atomic E-state index is -0.249. The van der Waals surface area contributed by atoms with Gasteiger partial charge in [0.2, 0.25) is 0 Å². The van der Waals surface area contributed by atoms with Gasteiger partial charge in [0, 0.05) is 12.1 Å². The average Bonchev–Trinajstić information content (AvgIpc) is 2.42. The van der Waals surface area contributed by atoms with Crippen LogP contribution < -0.4 is 10.1 Å². The highest BCUT2D eigenvalue weighted by Gasteiger charge is 2.12. The molecule has 0 saturated heterocycles. The molecule has 2 nitrogen and oxygen atoms in total. The van der Waals surface area contributed by atoms with Crippen molar-refractivity contribution in [2.45, 2.75) is 33.2 Å². The van der Waals surface area contributed by atoms with Gasteiger partial charge in [-0.1, -0.05) is 26.0 Å². The summed E-state index contributed by atoms with van der Waals surface area (Å²) < 4.78 is 19.5. The van der Waals surface area contributed by atoms with E-state index in [-0.39, 0.29) is 5.82 Å². The van der Waals surface area contributed by atoms with E-state index >= 15 is 0 Å². The third-order valence-corrected chi connectivity index (χ3v) is 3.40. The van der Waals surface area contributed by atoms with Crippen molar-refractivity contribution < 1.29 is 9.13 Å². The summed E-state index contributed by atoms with van der Waals surface area (Å²) in [5, 5.41) is 3.04. The Morgan fingerprint density at radius 3 is 2.52 bits per heavy atom. The number of benzene rings is 2. The van der Waals surface area contributed by atoms with Gasteiger partial charge in [-0.2, -0.15) is 0 Å². The smallest absolute Gasteiger partial charge is 0.132 e. The van der Waals surface area contributed by atoms with E-state index in [1.54, 1.807) is 6.07 Å². The Morgan fingerprint density at radius 2 is 1.86 bits per heavy atom. The summed E-state index contributed by atoms with van der Waals surface area (Å²) in [6.45, 7) is 6.87. The van der Waals surface area contributed by atoms with Crippen LogP contribution in [0, 0.1) is 12.7 Å². The SMILES string of the molecule is CNCc1cc(F)ccc1Oc1cc(C)ccc1C(C)C. The van der Waals surface area contributed by atoms with Crippen LogP contribution in [0.3, 0.4) is 0 Å². The lowest BCUT2D eigenvalue weighted by Gasteiger charge is -2.17. The monoisotopic (exact) mass is 287 g/mol. The number of rotatable bonds is 5. The molecule has 0 aliphatic rings. The minimum absolute atomic E-state index is 0.249. The summed E-state index contributed by atoms with van der Waals surface area (Å²) >= 11 is 0. The fourth-order valence-corrected chi connectivity index (χ4v) is 2.30. The molecular weight excluding hydrogens is 265 g/mol. The van der Waals surface area contributed by atoms with Crippen LogP contribution in [0.4, 0.5) is 4.39 Å². The molecule has 0 aliphatic heterocycles. The molecule has 0 fully saturated rings. The van der Waals surface area contributed by atoms with Crippen molar-refractivity contribution in [3.63, 3.8) is 0 Å². The number of hydrogen-bond donors (Lipinski definition) is 1. The number of nitrogens with one attached hydrogen (secondary N) is 1. The van der Waals surface area contributed by atoms with Gasteiger partial charge in [0.15, 0.2) is 0 Å². The quantitative estimate of drug-likeness (QED) is 0.855. The molecule has 21 heavy (non-hydrogen) atoms. The fourth-order valence-electron chi connectivity index (χ4n) is 2.30. The minimum Gasteiger partial charge on any atom is -0.457 e. The summed E-state index contributed by atoms with van der Waals surface area (Å²) in [6, 6.07) is 10.8. The maximum atomic E-state index is 13.4. The first-order valence-corrected chi connectivity index (χ1v) is 7.22. The first-order valence-electron chi connectivity index (χ1n) is 7.22. The maximum absolute atomic E-state index is 13.4. The van der Waals surface area contributed by atoms with Gasteiger partial charge in [-0.15, -0.1) is 0 Å². The molecule has 0 atom stereocenters. The summed E-state index contributed by atoms with van der Waals surface area (Å²) in [4.78, 5) is 0. The Bertz CT molecular complexity index is 623.